The Labute approximate surface area is 57.5 Å². The minimum absolute atomic E-state index is 0.137. The minimum Gasteiger partial charge on any atom is -0.550 e. The lowest BCUT2D eigenvalue weighted by molar-refractivity contribution is -0.320. The fraction of sp³-hybridized carbons (Fsp3) is 0.667. The van der Waals surface area contributed by atoms with E-state index < -0.39 is 23.3 Å². The van der Waals surface area contributed by atoms with Crippen LogP contribution in [0.15, 0.2) is 0 Å². The van der Waals surface area contributed by atoms with Gasteiger partial charge in [-0.15, -0.1) is 0 Å². The number of hydrogen-bond acceptors (Lipinski definition) is 4. The van der Waals surface area contributed by atoms with E-state index in [2.05, 4.69) is 0 Å². The summed E-state index contributed by atoms with van der Waals surface area (Å²) in [7, 11) is 0. The van der Waals surface area contributed by atoms with Gasteiger partial charge in [-0.1, -0.05) is 6.92 Å². The van der Waals surface area contributed by atoms with Crippen LogP contribution in [0.4, 0.5) is 0 Å². The third-order valence-corrected chi connectivity index (χ3v) is 1.99. The molecule has 0 spiro atoms. The first-order valence-corrected chi connectivity index (χ1v) is 2.91. The van der Waals surface area contributed by atoms with Crippen molar-refractivity contribution in [3.63, 3.8) is 0 Å². The fourth-order valence-electron chi connectivity index (χ4n) is 0.934. The van der Waals surface area contributed by atoms with E-state index in [1.54, 1.807) is 0 Å². The van der Waals surface area contributed by atoms with Crippen LogP contribution in [0.3, 0.4) is 0 Å². The number of carboxylic acid groups (broad SMARTS) is 2. The van der Waals surface area contributed by atoms with Crippen molar-refractivity contribution in [2.75, 3.05) is 0 Å². The molecule has 4 nitrogen and oxygen atoms in total. The molecule has 4 heteroatoms. The molecule has 0 aromatic carbocycles. The van der Waals surface area contributed by atoms with E-state index >= 15 is 0 Å². The number of carbonyl (C=O) groups excluding carboxylic acids is 2. The first kappa shape index (κ1) is 7.05. The Kier molecular flexibility index (Phi) is 1.21. The topological polar surface area (TPSA) is 80.3 Å². The van der Waals surface area contributed by atoms with Gasteiger partial charge < -0.3 is 19.8 Å². The summed E-state index contributed by atoms with van der Waals surface area (Å²) in [6.45, 7) is 1.35. The molecule has 1 fully saturated rings. The SMILES string of the molecule is C[C@@]1(C(=O)[O-])C[C@H]1C(=O)[O-]. The molecule has 0 saturated heterocycles. The van der Waals surface area contributed by atoms with Crippen molar-refractivity contribution in [1.82, 2.24) is 0 Å². The summed E-state index contributed by atoms with van der Waals surface area (Å²) >= 11 is 0. The van der Waals surface area contributed by atoms with E-state index in [0.717, 1.165) is 0 Å². The highest BCUT2D eigenvalue weighted by molar-refractivity contribution is 5.86. The Morgan fingerprint density at radius 3 is 2.10 bits per heavy atom. The molecule has 1 saturated carbocycles. The molecule has 0 bridgehead atoms. The van der Waals surface area contributed by atoms with E-state index in [0.29, 0.717) is 0 Å². The van der Waals surface area contributed by atoms with E-state index in [1.807, 2.05) is 0 Å². The molecule has 1 aliphatic carbocycles. The molecule has 1 aliphatic rings. The standard InChI is InChI=1S/C6H8O4/c1-6(5(9)10)2-3(6)4(7)8/h3H,2H2,1H3,(H,7,8)(H,9,10)/p-2/t3-,6+/m0/s1. The van der Waals surface area contributed by atoms with E-state index in [4.69, 9.17) is 0 Å². The van der Waals surface area contributed by atoms with Crippen molar-refractivity contribution in [2.45, 2.75) is 13.3 Å². The third-order valence-electron chi connectivity index (χ3n) is 1.99. The van der Waals surface area contributed by atoms with Crippen molar-refractivity contribution in [2.24, 2.45) is 11.3 Å². The van der Waals surface area contributed by atoms with Crippen LogP contribution in [0.2, 0.25) is 0 Å². The molecule has 0 unspecified atom stereocenters. The van der Waals surface area contributed by atoms with Gasteiger partial charge in [0.2, 0.25) is 0 Å². The highest BCUT2D eigenvalue weighted by Crippen LogP contribution is 2.51. The summed E-state index contributed by atoms with van der Waals surface area (Å²) in [4.78, 5) is 20.3. The minimum atomic E-state index is -1.30. The molecular formula is C6H6O4-2. The second-order valence-corrected chi connectivity index (χ2v) is 2.78. The molecule has 1 rings (SSSR count). The summed E-state index contributed by atoms with van der Waals surface area (Å²) in [5.41, 5.74) is -1.17. The van der Waals surface area contributed by atoms with Gasteiger partial charge in [-0.3, -0.25) is 0 Å². The molecule has 0 heterocycles. The first-order valence-electron chi connectivity index (χ1n) is 2.91. The molecule has 0 aliphatic heterocycles. The summed E-state index contributed by atoms with van der Waals surface area (Å²) in [5.74, 6) is -3.45. The van der Waals surface area contributed by atoms with E-state index in [-0.39, 0.29) is 6.42 Å². The van der Waals surface area contributed by atoms with E-state index in [1.165, 1.54) is 6.92 Å². The summed E-state index contributed by atoms with van der Waals surface area (Å²) < 4.78 is 0. The second kappa shape index (κ2) is 1.71. The lowest BCUT2D eigenvalue weighted by atomic mass is 10.1. The normalized spacial score (nSPS) is 37.1. The quantitative estimate of drug-likeness (QED) is 0.427. The molecule has 0 N–H and O–H groups in total. The van der Waals surface area contributed by atoms with Gasteiger partial charge in [-0.25, -0.2) is 0 Å². The highest BCUT2D eigenvalue weighted by Gasteiger charge is 2.52. The Morgan fingerprint density at radius 2 is 2.00 bits per heavy atom. The van der Waals surface area contributed by atoms with E-state index in [9.17, 15) is 19.8 Å². The molecule has 56 valence electrons. The van der Waals surface area contributed by atoms with Crippen LogP contribution >= 0.6 is 0 Å². The zero-order valence-electron chi connectivity index (χ0n) is 5.42. The van der Waals surface area contributed by atoms with Crippen LogP contribution < -0.4 is 10.2 Å². The Morgan fingerprint density at radius 1 is 1.50 bits per heavy atom. The first-order chi connectivity index (χ1) is 4.48. The summed E-state index contributed by atoms with van der Waals surface area (Å²) in [6.07, 6.45) is 0.137. The number of rotatable bonds is 2. The summed E-state index contributed by atoms with van der Waals surface area (Å²) in [6, 6.07) is 0. The van der Waals surface area contributed by atoms with Gasteiger partial charge in [-0.05, 0) is 6.42 Å². The molecular weight excluding hydrogens is 136 g/mol. The van der Waals surface area contributed by atoms with Gasteiger partial charge in [0.05, 0.1) is 0 Å². The van der Waals surface area contributed by atoms with Crippen molar-refractivity contribution < 1.29 is 19.8 Å². The van der Waals surface area contributed by atoms with Gasteiger partial charge >= 0.3 is 0 Å². The Bertz CT molecular complexity index is 198. The maximum Gasteiger partial charge on any atom is 0.0480 e. The second-order valence-electron chi connectivity index (χ2n) is 2.78. The lowest BCUT2D eigenvalue weighted by Gasteiger charge is -2.11. The van der Waals surface area contributed by atoms with Gasteiger partial charge in [0.15, 0.2) is 0 Å². The largest absolute Gasteiger partial charge is 0.550 e. The van der Waals surface area contributed by atoms with Gasteiger partial charge in [0, 0.05) is 23.3 Å². The maximum atomic E-state index is 10.2. The predicted octanol–water partition coefficient (Wildman–Crippen LogP) is -2.49. The Hall–Kier alpha value is -1.06. The average Bonchev–Trinajstić information content (AvgIpc) is 2.43. The maximum absolute atomic E-state index is 10.2. The van der Waals surface area contributed by atoms with Gasteiger partial charge in [0.1, 0.15) is 0 Å². The highest BCUT2D eigenvalue weighted by atomic mass is 16.4. The zero-order valence-corrected chi connectivity index (χ0v) is 5.42. The molecule has 2 atom stereocenters. The number of aliphatic carboxylic acids is 2. The lowest BCUT2D eigenvalue weighted by Crippen LogP contribution is -2.36. The van der Waals surface area contributed by atoms with Gasteiger partial charge in [-0.2, -0.15) is 0 Å². The van der Waals surface area contributed by atoms with Gasteiger partial charge in [0.25, 0.3) is 0 Å². The van der Waals surface area contributed by atoms with Crippen LogP contribution in [-0.2, 0) is 9.59 Å². The molecule has 0 amide bonds. The molecule has 0 radical (unpaired) electrons. The van der Waals surface area contributed by atoms with Crippen molar-refractivity contribution >= 4 is 11.9 Å². The Balaban J connectivity index is 2.65. The van der Waals surface area contributed by atoms with Crippen LogP contribution in [-0.4, -0.2) is 11.9 Å². The monoisotopic (exact) mass is 142 g/mol. The fourth-order valence-corrected chi connectivity index (χ4v) is 0.934. The summed E-state index contributed by atoms with van der Waals surface area (Å²) in [5, 5.41) is 20.3. The smallest absolute Gasteiger partial charge is 0.0480 e. The molecule has 0 aromatic rings. The van der Waals surface area contributed by atoms with Crippen LogP contribution in [0, 0.1) is 11.3 Å². The van der Waals surface area contributed by atoms with Crippen molar-refractivity contribution in [1.29, 1.82) is 0 Å². The zero-order chi connectivity index (χ0) is 7.94. The third kappa shape index (κ3) is 0.761. The number of carbonyl (C=O) groups is 2. The van der Waals surface area contributed by atoms with Crippen molar-refractivity contribution in [3.8, 4) is 0 Å². The number of carboxylic acids is 2. The number of hydrogen-bond donors (Lipinski definition) is 0. The molecule has 10 heavy (non-hydrogen) atoms. The average molecular weight is 142 g/mol. The van der Waals surface area contributed by atoms with Crippen molar-refractivity contribution in [3.05, 3.63) is 0 Å². The predicted molar refractivity (Wildman–Crippen MR) is 26.2 cm³/mol. The van der Waals surface area contributed by atoms with Crippen LogP contribution in [0.1, 0.15) is 13.3 Å². The van der Waals surface area contributed by atoms with Crippen LogP contribution in [0.25, 0.3) is 0 Å². The van der Waals surface area contributed by atoms with Crippen LogP contribution in [0.5, 0.6) is 0 Å². The molecule has 0 aromatic heterocycles.